The number of nitrogens with zero attached hydrogens (tertiary/aromatic N) is 3. The van der Waals surface area contributed by atoms with Crippen molar-refractivity contribution in [3.63, 3.8) is 0 Å². The minimum Gasteiger partial charge on any atom is -0.338 e. The molecule has 1 fully saturated rings. The molecule has 0 spiro atoms. The van der Waals surface area contributed by atoms with E-state index in [1.165, 1.54) is 37.8 Å². The van der Waals surface area contributed by atoms with E-state index in [1.54, 1.807) is 12.1 Å². The van der Waals surface area contributed by atoms with Crippen molar-refractivity contribution in [3.8, 4) is 0 Å². The number of hydrogen-bond donors (Lipinski definition) is 2. The van der Waals surface area contributed by atoms with Gasteiger partial charge in [0.05, 0.1) is 0 Å². The summed E-state index contributed by atoms with van der Waals surface area (Å²) in [6.45, 7) is 7.97. The van der Waals surface area contributed by atoms with Crippen LogP contribution in [0.25, 0.3) is 0 Å². The molecule has 3 rings (SSSR count). The number of piperazine rings is 1. The minimum atomic E-state index is -0.279. The molecule has 1 aliphatic rings. The zero-order chi connectivity index (χ0) is 27.0. The van der Waals surface area contributed by atoms with Crippen molar-refractivity contribution in [2.24, 2.45) is 0 Å². The average molecular weight is 526 g/mol. The van der Waals surface area contributed by atoms with Gasteiger partial charge in [0.2, 0.25) is 0 Å². The highest BCUT2D eigenvalue weighted by Gasteiger charge is 2.22. The second-order valence-electron chi connectivity index (χ2n) is 10.0. The number of nitrogens with one attached hydrogen (secondary N) is 2. The first kappa shape index (κ1) is 29.4. The number of unbranched alkanes of at least 4 members (excludes halogenated alkanes) is 5. The molecule has 8 heteroatoms. The van der Waals surface area contributed by atoms with Crippen molar-refractivity contribution >= 4 is 12.1 Å². The number of hydrogen-bond acceptors (Lipinski definition) is 3. The first-order chi connectivity index (χ1) is 18.5. The van der Waals surface area contributed by atoms with Crippen LogP contribution in [-0.2, 0) is 13.1 Å². The maximum Gasteiger partial charge on any atom is 0.317 e. The van der Waals surface area contributed by atoms with Crippen LogP contribution >= 0.6 is 0 Å². The number of urea groups is 2. The molecule has 38 heavy (non-hydrogen) atoms. The van der Waals surface area contributed by atoms with E-state index >= 15 is 0 Å². The summed E-state index contributed by atoms with van der Waals surface area (Å²) in [6, 6.07) is 16.1. The fourth-order valence-corrected chi connectivity index (χ4v) is 4.60. The van der Waals surface area contributed by atoms with E-state index < -0.39 is 0 Å². The highest BCUT2D eigenvalue weighted by Crippen LogP contribution is 2.10. The molecule has 0 bridgehead atoms. The summed E-state index contributed by atoms with van der Waals surface area (Å²) in [5.41, 5.74) is 1.98. The Morgan fingerprint density at radius 2 is 1.53 bits per heavy atom. The predicted molar refractivity (Wildman–Crippen MR) is 150 cm³/mol. The van der Waals surface area contributed by atoms with E-state index in [0.717, 1.165) is 43.6 Å². The van der Waals surface area contributed by atoms with Gasteiger partial charge in [0.15, 0.2) is 0 Å². The quantitative estimate of drug-likeness (QED) is 0.332. The lowest BCUT2D eigenvalue weighted by molar-refractivity contribution is 0.128. The van der Waals surface area contributed by atoms with Gasteiger partial charge in [-0.25, -0.2) is 14.0 Å². The number of amides is 4. The van der Waals surface area contributed by atoms with Crippen molar-refractivity contribution in [2.75, 3.05) is 45.8 Å². The Morgan fingerprint density at radius 1 is 0.842 bits per heavy atom. The van der Waals surface area contributed by atoms with E-state index in [2.05, 4.69) is 22.5 Å². The smallest absolute Gasteiger partial charge is 0.317 e. The summed E-state index contributed by atoms with van der Waals surface area (Å²) in [4.78, 5) is 31.5. The van der Waals surface area contributed by atoms with Crippen molar-refractivity contribution in [1.29, 1.82) is 0 Å². The number of halogens is 1. The fourth-order valence-electron chi connectivity index (χ4n) is 4.60. The Labute approximate surface area is 227 Å². The Morgan fingerprint density at radius 3 is 2.24 bits per heavy atom. The molecule has 1 aliphatic heterocycles. The molecule has 4 amide bonds. The van der Waals surface area contributed by atoms with E-state index in [4.69, 9.17) is 0 Å². The molecule has 2 aromatic carbocycles. The fraction of sp³-hybridized carbons (Fsp3) is 0.533. The lowest BCUT2D eigenvalue weighted by atomic mass is 10.1. The zero-order valence-corrected chi connectivity index (χ0v) is 22.8. The van der Waals surface area contributed by atoms with Crippen molar-refractivity contribution in [1.82, 2.24) is 25.3 Å². The largest absolute Gasteiger partial charge is 0.338 e. The molecular weight excluding hydrogens is 481 g/mol. The third-order valence-electron chi connectivity index (χ3n) is 7.01. The molecular formula is C30H44FN5O2. The lowest BCUT2D eigenvalue weighted by Crippen LogP contribution is -2.53. The Balaban J connectivity index is 1.42. The highest BCUT2D eigenvalue weighted by molar-refractivity contribution is 5.74. The van der Waals surface area contributed by atoms with Crippen LogP contribution in [0.2, 0.25) is 0 Å². The second-order valence-corrected chi connectivity index (χ2v) is 10.0. The van der Waals surface area contributed by atoms with Gasteiger partial charge in [-0.05, 0) is 29.7 Å². The molecule has 1 heterocycles. The van der Waals surface area contributed by atoms with Crippen LogP contribution < -0.4 is 10.6 Å². The van der Waals surface area contributed by atoms with Gasteiger partial charge < -0.3 is 20.4 Å². The van der Waals surface area contributed by atoms with Crippen LogP contribution in [-0.4, -0.2) is 72.6 Å². The standard InChI is InChI=1S/C30H44FN5O2/c1-2-3-4-5-6-10-17-32-29(37)36(25-27-13-15-28(31)16-14-27)23-20-34-18-21-35(22-19-34)30(38)33-24-26-11-8-7-9-12-26/h7-9,11-16H,2-6,10,17-25H2,1H3,(H,32,37)(H,33,38). The van der Waals surface area contributed by atoms with Crippen LogP contribution in [0, 0.1) is 5.82 Å². The van der Waals surface area contributed by atoms with Crippen LogP contribution in [0.4, 0.5) is 14.0 Å². The first-order valence-corrected chi connectivity index (χ1v) is 14.1. The first-order valence-electron chi connectivity index (χ1n) is 14.1. The second kappa shape index (κ2) is 16.7. The molecule has 0 aliphatic carbocycles. The number of rotatable bonds is 14. The molecule has 0 unspecified atom stereocenters. The van der Waals surface area contributed by atoms with E-state index in [0.29, 0.717) is 39.3 Å². The van der Waals surface area contributed by atoms with Gasteiger partial charge in [0.1, 0.15) is 5.82 Å². The molecule has 7 nitrogen and oxygen atoms in total. The molecule has 0 aromatic heterocycles. The molecule has 2 aromatic rings. The third-order valence-corrected chi connectivity index (χ3v) is 7.01. The maximum absolute atomic E-state index is 13.4. The van der Waals surface area contributed by atoms with Crippen LogP contribution in [0.1, 0.15) is 56.6 Å². The third kappa shape index (κ3) is 10.7. The summed E-state index contributed by atoms with van der Waals surface area (Å²) in [5.74, 6) is -0.279. The Bertz CT molecular complexity index is 949. The van der Waals surface area contributed by atoms with Crippen LogP contribution in [0.5, 0.6) is 0 Å². The SMILES string of the molecule is CCCCCCCCNC(=O)N(CCN1CCN(C(=O)NCc2ccccc2)CC1)Cc1ccc(F)cc1. The molecule has 0 radical (unpaired) electrons. The molecule has 2 N–H and O–H groups in total. The normalized spacial score (nSPS) is 13.8. The van der Waals surface area contributed by atoms with Gasteiger partial charge in [0.25, 0.3) is 0 Å². The van der Waals surface area contributed by atoms with Crippen molar-refractivity contribution in [3.05, 3.63) is 71.5 Å². The molecule has 1 saturated heterocycles. The zero-order valence-electron chi connectivity index (χ0n) is 22.8. The van der Waals surface area contributed by atoms with Crippen molar-refractivity contribution < 1.29 is 14.0 Å². The number of carbonyl (C=O) groups excluding carboxylic acids is 2. The number of benzene rings is 2. The topological polar surface area (TPSA) is 67.9 Å². The van der Waals surface area contributed by atoms with Crippen LogP contribution in [0.3, 0.4) is 0 Å². The summed E-state index contributed by atoms with van der Waals surface area (Å²) in [6.07, 6.45) is 7.06. The van der Waals surface area contributed by atoms with E-state index in [-0.39, 0.29) is 17.9 Å². The summed E-state index contributed by atoms with van der Waals surface area (Å²) >= 11 is 0. The highest BCUT2D eigenvalue weighted by atomic mass is 19.1. The number of carbonyl (C=O) groups is 2. The molecule has 0 atom stereocenters. The van der Waals surface area contributed by atoms with Gasteiger partial charge in [-0.2, -0.15) is 0 Å². The minimum absolute atomic E-state index is 0.0412. The van der Waals surface area contributed by atoms with Crippen LogP contribution in [0.15, 0.2) is 54.6 Å². The summed E-state index contributed by atoms with van der Waals surface area (Å²) in [7, 11) is 0. The van der Waals surface area contributed by atoms with Gasteiger partial charge >= 0.3 is 12.1 Å². The Hall–Kier alpha value is -3.13. The van der Waals surface area contributed by atoms with Gasteiger partial charge in [-0.3, -0.25) is 4.90 Å². The summed E-state index contributed by atoms with van der Waals surface area (Å²) < 4.78 is 13.4. The Kier molecular flexibility index (Phi) is 12.9. The van der Waals surface area contributed by atoms with Gasteiger partial charge in [-0.15, -0.1) is 0 Å². The average Bonchev–Trinajstić information content (AvgIpc) is 2.95. The lowest BCUT2D eigenvalue weighted by Gasteiger charge is -2.36. The molecule has 0 saturated carbocycles. The van der Waals surface area contributed by atoms with Gasteiger partial charge in [0, 0.05) is 58.9 Å². The van der Waals surface area contributed by atoms with Gasteiger partial charge in [-0.1, -0.05) is 81.5 Å². The monoisotopic (exact) mass is 525 g/mol. The van der Waals surface area contributed by atoms with Crippen molar-refractivity contribution in [2.45, 2.75) is 58.5 Å². The molecule has 208 valence electrons. The predicted octanol–water partition coefficient (Wildman–Crippen LogP) is 5.23. The van der Waals surface area contributed by atoms with E-state index in [1.807, 2.05) is 40.1 Å². The maximum atomic E-state index is 13.4. The summed E-state index contributed by atoms with van der Waals surface area (Å²) in [5, 5.41) is 6.07. The van der Waals surface area contributed by atoms with E-state index in [9.17, 15) is 14.0 Å².